The van der Waals surface area contributed by atoms with Crippen molar-refractivity contribution in [3.05, 3.63) is 72.4 Å². The third-order valence-corrected chi connectivity index (χ3v) is 4.48. The molecule has 0 fully saturated rings. The molecule has 0 saturated carbocycles. The van der Waals surface area contributed by atoms with Crippen LogP contribution in [0.3, 0.4) is 0 Å². The zero-order valence-electron chi connectivity index (χ0n) is 11.0. The van der Waals surface area contributed by atoms with Crippen molar-refractivity contribution >= 4 is 68.1 Å². The maximum atomic E-state index is 12.0. The van der Waals surface area contributed by atoms with E-state index in [9.17, 15) is 4.79 Å². The average molecular weight is 489 g/mol. The average Bonchev–Trinajstić information content (AvgIpc) is 2.85. The standard InChI is InChI=1S/C16H8BrClINO2/c17-10-3-1-9(2-4-10)7-14-16(21)22-15(20-14)12-8-11(19)5-6-13(12)18/h1-8H/b14-7-. The molecule has 0 aromatic heterocycles. The first-order valence-corrected chi connectivity index (χ1v) is 8.51. The van der Waals surface area contributed by atoms with E-state index < -0.39 is 5.97 Å². The van der Waals surface area contributed by atoms with Gasteiger partial charge in [0.1, 0.15) is 0 Å². The lowest BCUT2D eigenvalue weighted by Gasteiger charge is -2.02. The Balaban J connectivity index is 1.97. The fourth-order valence-corrected chi connectivity index (χ4v) is 2.86. The summed E-state index contributed by atoms with van der Waals surface area (Å²) in [6, 6.07) is 13.0. The second-order valence-corrected chi connectivity index (χ2v) is 7.08. The summed E-state index contributed by atoms with van der Waals surface area (Å²) in [5.41, 5.74) is 1.74. The van der Waals surface area contributed by atoms with E-state index in [-0.39, 0.29) is 11.6 Å². The van der Waals surface area contributed by atoms with Crippen molar-refractivity contribution in [1.29, 1.82) is 0 Å². The van der Waals surface area contributed by atoms with Gasteiger partial charge in [0.15, 0.2) is 5.70 Å². The Kier molecular flexibility index (Phi) is 4.65. The summed E-state index contributed by atoms with van der Waals surface area (Å²) in [5, 5.41) is 0.497. The first-order valence-electron chi connectivity index (χ1n) is 6.26. The number of halogens is 3. The molecule has 22 heavy (non-hydrogen) atoms. The van der Waals surface area contributed by atoms with Crippen molar-refractivity contribution in [2.24, 2.45) is 4.99 Å². The molecule has 0 N–H and O–H groups in total. The van der Waals surface area contributed by atoms with Crippen LogP contribution >= 0.6 is 50.1 Å². The highest BCUT2D eigenvalue weighted by atomic mass is 127. The predicted molar refractivity (Wildman–Crippen MR) is 98.9 cm³/mol. The van der Waals surface area contributed by atoms with Gasteiger partial charge in [-0.25, -0.2) is 9.79 Å². The Morgan fingerprint density at radius 3 is 2.64 bits per heavy atom. The first-order chi connectivity index (χ1) is 10.5. The van der Waals surface area contributed by atoms with Gasteiger partial charge in [-0.3, -0.25) is 0 Å². The molecule has 1 heterocycles. The van der Waals surface area contributed by atoms with Crippen LogP contribution in [0, 0.1) is 3.57 Å². The van der Waals surface area contributed by atoms with Gasteiger partial charge in [-0.1, -0.05) is 39.7 Å². The summed E-state index contributed by atoms with van der Waals surface area (Å²) in [5.74, 6) is -0.246. The number of benzene rings is 2. The number of aliphatic imine (C=N–C) groups is 1. The summed E-state index contributed by atoms with van der Waals surface area (Å²) in [7, 11) is 0. The van der Waals surface area contributed by atoms with Gasteiger partial charge in [0, 0.05) is 8.04 Å². The molecule has 3 nitrogen and oxygen atoms in total. The minimum atomic E-state index is -0.479. The van der Waals surface area contributed by atoms with Gasteiger partial charge in [0.05, 0.1) is 10.6 Å². The minimum Gasteiger partial charge on any atom is -0.402 e. The number of hydrogen-bond acceptors (Lipinski definition) is 3. The summed E-state index contributed by atoms with van der Waals surface area (Å²) in [6.45, 7) is 0. The van der Waals surface area contributed by atoms with E-state index in [4.69, 9.17) is 16.3 Å². The highest BCUT2D eigenvalue weighted by Gasteiger charge is 2.25. The van der Waals surface area contributed by atoms with Crippen LogP contribution in [0.1, 0.15) is 11.1 Å². The second-order valence-electron chi connectivity index (χ2n) is 4.51. The van der Waals surface area contributed by atoms with Crippen LogP contribution in [-0.4, -0.2) is 11.9 Å². The lowest BCUT2D eigenvalue weighted by atomic mass is 10.2. The van der Waals surface area contributed by atoms with E-state index >= 15 is 0 Å². The fourth-order valence-electron chi connectivity index (χ4n) is 1.90. The maximum Gasteiger partial charge on any atom is 0.363 e. The molecule has 0 amide bonds. The Morgan fingerprint density at radius 2 is 1.91 bits per heavy atom. The molecule has 0 spiro atoms. The van der Waals surface area contributed by atoms with E-state index in [0.29, 0.717) is 10.6 Å². The van der Waals surface area contributed by atoms with Gasteiger partial charge in [-0.05, 0) is 64.6 Å². The van der Waals surface area contributed by atoms with Crippen molar-refractivity contribution < 1.29 is 9.53 Å². The van der Waals surface area contributed by atoms with Crippen molar-refractivity contribution in [3.63, 3.8) is 0 Å². The van der Waals surface area contributed by atoms with Gasteiger partial charge in [0.2, 0.25) is 5.90 Å². The van der Waals surface area contributed by atoms with Crippen LogP contribution in [0.2, 0.25) is 5.02 Å². The molecule has 0 atom stereocenters. The van der Waals surface area contributed by atoms with Crippen LogP contribution in [0.4, 0.5) is 0 Å². The van der Waals surface area contributed by atoms with Crippen molar-refractivity contribution in [2.45, 2.75) is 0 Å². The smallest absolute Gasteiger partial charge is 0.363 e. The van der Waals surface area contributed by atoms with Gasteiger partial charge < -0.3 is 4.74 Å². The first kappa shape index (κ1) is 15.7. The highest BCUT2D eigenvalue weighted by molar-refractivity contribution is 14.1. The molecule has 1 aliphatic rings. The van der Waals surface area contributed by atoms with Crippen LogP contribution in [-0.2, 0) is 9.53 Å². The number of cyclic esters (lactones) is 1. The van der Waals surface area contributed by atoms with Gasteiger partial charge in [-0.2, -0.15) is 0 Å². The number of carbonyl (C=O) groups is 1. The van der Waals surface area contributed by atoms with Crippen LogP contribution in [0.25, 0.3) is 6.08 Å². The third-order valence-electron chi connectivity index (χ3n) is 2.95. The quantitative estimate of drug-likeness (QED) is 0.337. The van der Waals surface area contributed by atoms with E-state index in [1.54, 1.807) is 12.1 Å². The van der Waals surface area contributed by atoms with E-state index in [2.05, 4.69) is 43.5 Å². The van der Waals surface area contributed by atoms with Crippen LogP contribution in [0.15, 0.2) is 57.6 Å². The normalized spacial score (nSPS) is 15.9. The Labute approximate surface area is 154 Å². The Hall–Kier alpha value is -1.18. The van der Waals surface area contributed by atoms with E-state index in [0.717, 1.165) is 13.6 Å². The largest absolute Gasteiger partial charge is 0.402 e. The fraction of sp³-hybridized carbons (Fsp3) is 0. The Morgan fingerprint density at radius 1 is 1.18 bits per heavy atom. The zero-order chi connectivity index (χ0) is 15.7. The molecule has 0 unspecified atom stereocenters. The van der Waals surface area contributed by atoms with Crippen LogP contribution < -0.4 is 0 Å². The van der Waals surface area contributed by atoms with Gasteiger partial charge >= 0.3 is 5.97 Å². The molecule has 0 aliphatic carbocycles. The molecular formula is C16H8BrClINO2. The second kappa shape index (κ2) is 6.52. The third kappa shape index (κ3) is 3.42. The molecule has 3 rings (SSSR count). The van der Waals surface area contributed by atoms with Crippen molar-refractivity contribution in [3.8, 4) is 0 Å². The zero-order valence-corrected chi connectivity index (χ0v) is 15.5. The van der Waals surface area contributed by atoms with Gasteiger partial charge in [-0.15, -0.1) is 0 Å². The van der Waals surface area contributed by atoms with Crippen molar-refractivity contribution in [1.82, 2.24) is 0 Å². The number of nitrogens with zero attached hydrogens (tertiary/aromatic N) is 1. The number of rotatable bonds is 2. The summed E-state index contributed by atoms with van der Waals surface area (Å²) in [6.07, 6.45) is 1.68. The lowest BCUT2D eigenvalue weighted by molar-refractivity contribution is -0.129. The molecule has 110 valence electrons. The number of ether oxygens (including phenoxy) is 1. The molecule has 0 radical (unpaired) electrons. The minimum absolute atomic E-state index is 0.233. The maximum absolute atomic E-state index is 12.0. The summed E-state index contributed by atoms with van der Waals surface area (Å²) < 4.78 is 7.20. The summed E-state index contributed by atoms with van der Waals surface area (Å²) in [4.78, 5) is 16.2. The summed E-state index contributed by atoms with van der Waals surface area (Å²) >= 11 is 11.7. The monoisotopic (exact) mass is 487 g/mol. The molecule has 2 aromatic rings. The SMILES string of the molecule is O=C1OC(c2cc(I)ccc2Cl)=N/C1=C\c1ccc(Br)cc1. The molecule has 0 bridgehead atoms. The Bertz CT molecular complexity index is 815. The predicted octanol–water partition coefficient (Wildman–Crippen LogP) is 5.05. The topological polar surface area (TPSA) is 38.7 Å². The molecular weight excluding hydrogens is 480 g/mol. The number of hydrogen-bond donors (Lipinski definition) is 0. The van der Waals surface area contributed by atoms with E-state index in [1.807, 2.05) is 36.4 Å². The molecule has 1 aliphatic heterocycles. The number of esters is 1. The van der Waals surface area contributed by atoms with Crippen molar-refractivity contribution in [2.75, 3.05) is 0 Å². The molecule has 6 heteroatoms. The van der Waals surface area contributed by atoms with E-state index in [1.165, 1.54) is 0 Å². The van der Waals surface area contributed by atoms with Crippen LogP contribution in [0.5, 0.6) is 0 Å². The number of carbonyl (C=O) groups excluding carboxylic acids is 1. The lowest BCUT2D eigenvalue weighted by Crippen LogP contribution is -2.06. The van der Waals surface area contributed by atoms with Gasteiger partial charge in [0.25, 0.3) is 0 Å². The highest BCUT2D eigenvalue weighted by Crippen LogP contribution is 2.25. The molecule has 2 aromatic carbocycles. The molecule has 0 saturated heterocycles.